The van der Waals surface area contributed by atoms with Crippen LogP contribution < -0.4 is 5.73 Å². The smallest absolute Gasteiger partial charge is 0.330 e. The molecule has 112 valence electrons. The van der Waals surface area contributed by atoms with Gasteiger partial charge in [0, 0.05) is 12.1 Å². The summed E-state index contributed by atoms with van der Waals surface area (Å²) in [5.74, 6) is 0.314. The van der Waals surface area contributed by atoms with Gasteiger partial charge in [-0.05, 0) is 57.0 Å². The molecule has 2 N–H and O–H groups in total. The average Bonchev–Trinajstić information content (AvgIpc) is 2.81. The van der Waals surface area contributed by atoms with E-state index in [0.29, 0.717) is 18.5 Å². The molecule has 1 fully saturated rings. The minimum Gasteiger partial charge on any atom is -0.330 e. The number of benzene rings is 1. The summed E-state index contributed by atoms with van der Waals surface area (Å²) in [4.78, 5) is 2.32. The van der Waals surface area contributed by atoms with Crippen molar-refractivity contribution in [2.45, 2.75) is 38.5 Å². The number of hydrogen-bond acceptors (Lipinski definition) is 2. The van der Waals surface area contributed by atoms with E-state index < -0.39 is 11.7 Å². The Morgan fingerprint density at radius 1 is 1.25 bits per heavy atom. The van der Waals surface area contributed by atoms with E-state index in [1.165, 1.54) is 12.1 Å². The molecule has 1 aliphatic heterocycles. The van der Waals surface area contributed by atoms with Crippen molar-refractivity contribution < 1.29 is 13.2 Å². The third-order valence-corrected chi connectivity index (χ3v) is 4.11. The summed E-state index contributed by atoms with van der Waals surface area (Å²) >= 11 is 0. The van der Waals surface area contributed by atoms with Crippen molar-refractivity contribution in [1.82, 2.24) is 4.90 Å². The zero-order valence-corrected chi connectivity index (χ0v) is 11.8. The zero-order chi connectivity index (χ0) is 14.9. The molecule has 0 aromatic heterocycles. The fourth-order valence-corrected chi connectivity index (χ4v) is 3.04. The average molecular weight is 286 g/mol. The van der Waals surface area contributed by atoms with E-state index in [4.69, 9.17) is 5.73 Å². The Balaban J connectivity index is 2.28. The molecular formula is C15H21F3N2. The second-order valence-electron chi connectivity index (χ2n) is 5.68. The largest absolute Gasteiger partial charge is 0.416 e. The first-order chi connectivity index (χ1) is 9.34. The van der Waals surface area contributed by atoms with Crippen molar-refractivity contribution in [3.8, 4) is 0 Å². The highest BCUT2D eigenvalue weighted by atomic mass is 19.4. The van der Waals surface area contributed by atoms with Gasteiger partial charge in [-0.2, -0.15) is 13.2 Å². The molecule has 2 nitrogen and oxygen atoms in total. The van der Waals surface area contributed by atoms with E-state index in [1.807, 2.05) is 0 Å². The predicted octanol–water partition coefficient (Wildman–Crippen LogP) is 3.44. The highest BCUT2D eigenvalue weighted by Crippen LogP contribution is 2.39. The van der Waals surface area contributed by atoms with E-state index in [0.717, 1.165) is 18.5 Å². The number of alkyl halides is 3. The number of halogens is 3. The Labute approximate surface area is 117 Å². The number of hydrogen-bond donors (Lipinski definition) is 1. The third kappa shape index (κ3) is 2.99. The molecule has 1 heterocycles. The number of nitrogens with zero attached hydrogens (tertiary/aromatic N) is 1. The fraction of sp³-hybridized carbons (Fsp3) is 0.600. The summed E-state index contributed by atoms with van der Waals surface area (Å²) in [6.45, 7) is 5.73. The van der Waals surface area contributed by atoms with E-state index in [1.54, 1.807) is 12.1 Å². The SMILES string of the molecule is CC(C)N1CCC(CN)C1c1ccc(C(F)(F)F)cc1. The maximum absolute atomic E-state index is 12.6. The van der Waals surface area contributed by atoms with Gasteiger partial charge in [0.25, 0.3) is 0 Å². The van der Waals surface area contributed by atoms with Crippen LogP contribution in [0.15, 0.2) is 24.3 Å². The normalized spacial score (nSPS) is 24.6. The first kappa shape index (κ1) is 15.3. The number of rotatable bonds is 3. The lowest BCUT2D eigenvalue weighted by Crippen LogP contribution is -2.33. The van der Waals surface area contributed by atoms with Crippen molar-refractivity contribution >= 4 is 0 Å². The van der Waals surface area contributed by atoms with Crippen LogP contribution in [0.5, 0.6) is 0 Å². The van der Waals surface area contributed by atoms with Crippen molar-refractivity contribution in [2.75, 3.05) is 13.1 Å². The molecule has 0 radical (unpaired) electrons. The van der Waals surface area contributed by atoms with Crippen molar-refractivity contribution in [2.24, 2.45) is 11.7 Å². The Kier molecular flexibility index (Phi) is 4.39. The lowest BCUT2D eigenvalue weighted by molar-refractivity contribution is -0.137. The molecular weight excluding hydrogens is 265 g/mol. The van der Waals surface area contributed by atoms with Crippen molar-refractivity contribution in [1.29, 1.82) is 0 Å². The van der Waals surface area contributed by atoms with Gasteiger partial charge in [-0.25, -0.2) is 0 Å². The van der Waals surface area contributed by atoms with Crippen molar-refractivity contribution in [3.05, 3.63) is 35.4 Å². The standard InChI is InChI=1S/C15H21F3N2/c1-10(2)20-8-7-12(9-19)14(20)11-3-5-13(6-4-11)15(16,17)18/h3-6,10,12,14H,7-9,19H2,1-2H3. The van der Waals surface area contributed by atoms with E-state index in [9.17, 15) is 13.2 Å². The maximum Gasteiger partial charge on any atom is 0.416 e. The summed E-state index contributed by atoms with van der Waals surface area (Å²) in [6.07, 6.45) is -3.28. The van der Waals surface area contributed by atoms with Gasteiger partial charge in [0.2, 0.25) is 0 Å². The molecule has 1 aromatic carbocycles. The van der Waals surface area contributed by atoms with Crippen molar-refractivity contribution in [3.63, 3.8) is 0 Å². The van der Waals surface area contributed by atoms with Crippen LogP contribution in [0.2, 0.25) is 0 Å². The molecule has 0 bridgehead atoms. The van der Waals surface area contributed by atoms with Crippen LogP contribution in [-0.2, 0) is 6.18 Å². The van der Waals surface area contributed by atoms with Crippen LogP contribution >= 0.6 is 0 Å². The Morgan fingerprint density at radius 3 is 2.30 bits per heavy atom. The quantitative estimate of drug-likeness (QED) is 0.922. The Bertz CT molecular complexity index is 439. The molecule has 0 aliphatic carbocycles. The minimum absolute atomic E-state index is 0.127. The Hall–Kier alpha value is -1.07. The van der Waals surface area contributed by atoms with Gasteiger partial charge in [-0.3, -0.25) is 4.90 Å². The lowest BCUT2D eigenvalue weighted by Gasteiger charge is -2.31. The summed E-state index contributed by atoms with van der Waals surface area (Å²) < 4.78 is 37.8. The van der Waals surface area contributed by atoms with E-state index in [2.05, 4.69) is 18.7 Å². The van der Waals surface area contributed by atoms with Gasteiger partial charge < -0.3 is 5.73 Å². The highest BCUT2D eigenvalue weighted by Gasteiger charge is 2.36. The van der Waals surface area contributed by atoms with E-state index >= 15 is 0 Å². The Morgan fingerprint density at radius 2 is 1.85 bits per heavy atom. The topological polar surface area (TPSA) is 29.3 Å². The molecule has 0 amide bonds. The van der Waals surface area contributed by atoms with Crippen LogP contribution in [0, 0.1) is 5.92 Å². The lowest BCUT2D eigenvalue weighted by atomic mass is 9.92. The third-order valence-electron chi connectivity index (χ3n) is 4.11. The van der Waals surface area contributed by atoms with Gasteiger partial charge in [-0.1, -0.05) is 12.1 Å². The maximum atomic E-state index is 12.6. The zero-order valence-electron chi connectivity index (χ0n) is 11.8. The molecule has 0 spiro atoms. The fourth-order valence-electron chi connectivity index (χ4n) is 3.04. The molecule has 1 saturated heterocycles. The molecule has 5 heteroatoms. The second-order valence-corrected chi connectivity index (χ2v) is 5.68. The molecule has 0 saturated carbocycles. The first-order valence-electron chi connectivity index (χ1n) is 6.97. The summed E-state index contributed by atoms with van der Waals surface area (Å²) in [6, 6.07) is 6.01. The van der Waals surface area contributed by atoms with E-state index in [-0.39, 0.29) is 6.04 Å². The summed E-state index contributed by atoms with van der Waals surface area (Å²) in [5, 5.41) is 0. The predicted molar refractivity (Wildman–Crippen MR) is 73.2 cm³/mol. The molecule has 2 rings (SSSR count). The van der Waals surface area contributed by atoms with Crippen LogP contribution in [0.25, 0.3) is 0 Å². The van der Waals surface area contributed by atoms with Gasteiger partial charge >= 0.3 is 6.18 Å². The minimum atomic E-state index is -4.28. The molecule has 1 aliphatic rings. The second kappa shape index (κ2) is 5.74. The van der Waals surface area contributed by atoms with Crippen LogP contribution in [0.1, 0.15) is 37.4 Å². The van der Waals surface area contributed by atoms with Gasteiger partial charge in [-0.15, -0.1) is 0 Å². The number of likely N-dealkylation sites (tertiary alicyclic amines) is 1. The van der Waals surface area contributed by atoms with Crippen LogP contribution in [-0.4, -0.2) is 24.0 Å². The van der Waals surface area contributed by atoms with Crippen LogP contribution in [0.4, 0.5) is 13.2 Å². The molecule has 20 heavy (non-hydrogen) atoms. The first-order valence-corrected chi connectivity index (χ1v) is 6.97. The van der Waals surface area contributed by atoms with Crippen LogP contribution in [0.3, 0.4) is 0 Å². The number of nitrogens with two attached hydrogens (primary N) is 1. The van der Waals surface area contributed by atoms with Gasteiger partial charge in [0.15, 0.2) is 0 Å². The molecule has 2 unspecified atom stereocenters. The summed E-state index contributed by atoms with van der Waals surface area (Å²) in [5.41, 5.74) is 6.15. The monoisotopic (exact) mass is 286 g/mol. The van der Waals surface area contributed by atoms with Gasteiger partial charge in [0.05, 0.1) is 5.56 Å². The van der Waals surface area contributed by atoms with Gasteiger partial charge in [0.1, 0.15) is 0 Å². The highest BCUT2D eigenvalue weighted by molar-refractivity contribution is 5.28. The molecule has 2 atom stereocenters. The molecule has 1 aromatic rings. The summed E-state index contributed by atoms with van der Waals surface area (Å²) in [7, 11) is 0.